The van der Waals surface area contributed by atoms with Crippen molar-refractivity contribution < 1.29 is 9.53 Å². The Morgan fingerprint density at radius 2 is 2.38 bits per heavy atom. The summed E-state index contributed by atoms with van der Waals surface area (Å²) < 4.78 is 4.76. The van der Waals surface area contributed by atoms with Gasteiger partial charge < -0.3 is 15.0 Å². The highest BCUT2D eigenvalue weighted by Gasteiger charge is 2.37. The highest BCUT2D eigenvalue weighted by atomic mass is 16.5. The van der Waals surface area contributed by atoms with Gasteiger partial charge in [-0.15, -0.1) is 0 Å². The van der Waals surface area contributed by atoms with Crippen LogP contribution in [0.3, 0.4) is 0 Å². The number of methoxy groups -OCH3 is 1. The van der Waals surface area contributed by atoms with Gasteiger partial charge in [-0.25, -0.2) is 4.79 Å². The molecule has 4 heteroatoms. The van der Waals surface area contributed by atoms with E-state index in [2.05, 4.69) is 5.32 Å². The van der Waals surface area contributed by atoms with Gasteiger partial charge in [0.25, 0.3) is 0 Å². The molecule has 0 spiro atoms. The Bertz CT molecular complexity index is 208. The fourth-order valence-corrected chi connectivity index (χ4v) is 2.43. The maximum absolute atomic E-state index is 11.4. The van der Waals surface area contributed by atoms with Crippen molar-refractivity contribution in [3.05, 3.63) is 0 Å². The molecule has 2 unspecified atom stereocenters. The molecule has 0 aromatic rings. The average molecular weight is 184 g/mol. The molecule has 2 aliphatic rings. The van der Waals surface area contributed by atoms with Gasteiger partial charge in [0, 0.05) is 19.1 Å². The van der Waals surface area contributed by atoms with E-state index in [9.17, 15) is 4.79 Å². The molecule has 1 saturated heterocycles. The Morgan fingerprint density at radius 3 is 3.15 bits per heavy atom. The van der Waals surface area contributed by atoms with Crippen molar-refractivity contribution in [3.63, 3.8) is 0 Å². The normalized spacial score (nSPS) is 32.8. The molecule has 2 fully saturated rings. The van der Waals surface area contributed by atoms with Gasteiger partial charge in [0.15, 0.2) is 0 Å². The van der Waals surface area contributed by atoms with Crippen molar-refractivity contribution in [2.24, 2.45) is 0 Å². The van der Waals surface area contributed by atoms with E-state index >= 15 is 0 Å². The van der Waals surface area contributed by atoms with Gasteiger partial charge in [-0.05, 0) is 19.3 Å². The summed E-state index contributed by atoms with van der Waals surface area (Å²) in [4.78, 5) is 13.3. The van der Waals surface area contributed by atoms with Crippen LogP contribution in [0.1, 0.15) is 19.3 Å². The Morgan fingerprint density at radius 1 is 1.54 bits per heavy atom. The fraction of sp³-hybridized carbons (Fsp3) is 0.889. The summed E-state index contributed by atoms with van der Waals surface area (Å²) in [6.45, 7) is 1.68. The van der Waals surface area contributed by atoms with Crippen LogP contribution in [0, 0.1) is 0 Å². The molecule has 0 radical (unpaired) electrons. The third-order valence-electron chi connectivity index (χ3n) is 3.05. The number of nitrogens with zero attached hydrogens (tertiary/aromatic N) is 1. The van der Waals surface area contributed by atoms with Gasteiger partial charge in [-0.1, -0.05) is 0 Å². The number of fused-ring (bicyclic) bond motifs is 1. The smallest absolute Gasteiger partial charge is 0.409 e. The SMILES string of the molecule is COC(=O)N1CCNC2CCCC21. The molecular formula is C9H16N2O2. The van der Waals surface area contributed by atoms with Crippen LogP contribution in [0.2, 0.25) is 0 Å². The lowest BCUT2D eigenvalue weighted by atomic mass is 10.1. The van der Waals surface area contributed by atoms with Gasteiger partial charge in [-0.2, -0.15) is 0 Å². The predicted octanol–water partition coefficient (Wildman–Crippen LogP) is 0.579. The average Bonchev–Trinajstić information content (AvgIpc) is 2.63. The zero-order chi connectivity index (χ0) is 9.26. The second kappa shape index (κ2) is 3.54. The van der Waals surface area contributed by atoms with Crippen LogP contribution in [0.4, 0.5) is 4.79 Å². The minimum atomic E-state index is -0.168. The largest absolute Gasteiger partial charge is 0.453 e. The number of carbonyl (C=O) groups excluding carboxylic acids is 1. The first-order valence-corrected chi connectivity index (χ1v) is 4.91. The first-order valence-electron chi connectivity index (χ1n) is 4.91. The summed E-state index contributed by atoms with van der Waals surface area (Å²) in [5, 5.41) is 3.44. The standard InChI is InChI=1S/C9H16N2O2/c1-13-9(12)11-6-5-10-7-3-2-4-8(7)11/h7-8,10H,2-6H2,1H3. The zero-order valence-electron chi connectivity index (χ0n) is 7.95. The van der Waals surface area contributed by atoms with Gasteiger partial charge in [0.05, 0.1) is 13.2 Å². The maximum Gasteiger partial charge on any atom is 0.409 e. The molecule has 13 heavy (non-hydrogen) atoms. The van der Waals surface area contributed by atoms with Crippen LogP contribution in [0.15, 0.2) is 0 Å². The lowest BCUT2D eigenvalue weighted by Gasteiger charge is -2.37. The molecule has 1 saturated carbocycles. The van der Waals surface area contributed by atoms with E-state index in [1.54, 1.807) is 0 Å². The van der Waals surface area contributed by atoms with E-state index < -0.39 is 0 Å². The summed E-state index contributed by atoms with van der Waals surface area (Å²) in [5.41, 5.74) is 0. The van der Waals surface area contributed by atoms with E-state index in [1.165, 1.54) is 20.0 Å². The molecule has 1 aliphatic carbocycles. The van der Waals surface area contributed by atoms with Gasteiger partial charge in [0.2, 0.25) is 0 Å². The van der Waals surface area contributed by atoms with Gasteiger partial charge in [-0.3, -0.25) is 0 Å². The van der Waals surface area contributed by atoms with E-state index in [0.29, 0.717) is 12.1 Å². The van der Waals surface area contributed by atoms with Crippen LogP contribution in [-0.2, 0) is 4.74 Å². The van der Waals surface area contributed by atoms with E-state index in [4.69, 9.17) is 4.74 Å². The molecule has 1 N–H and O–H groups in total. The van der Waals surface area contributed by atoms with Crippen molar-refractivity contribution >= 4 is 6.09 Å². The first-order chi connectivity index (χ1) is 6.33. The number of ether oxygens (including phenoxy) is 1. The Labute approximate surface area is 78.2 Å². The molecule has 1 heterocycles. The number of rotatable bonds is 0. The minimum absolute atomic E-state index is 0.168. The number of hydrogen-bond acceptors (Lipinski definition) is 3. The van der Waals surface area contributed by atoms with Gasteiger partial charge >= 0.3 is 6.09 Å². The van der Waals surface area contributed by atoms with Crippen LogP contribution in [-0.4, -0.2) is 43.3 Å². The number of amides is 1. The summed E-state index contributed by atoms with van der Waals surface area (Å²) in [6, 6.07) is 0.883. The van der Waals surface area contributed by atoms with Crippen molar-refractivity contribution in [2.75, 3.05) is 20.2 Å². The Hall–Kier alpha value is -0.770. The summed E-state index contributed by atoms with van der Waals surface area (Å²) in [6.07, 6.45) is 3.36. The number of carbonyl (C=O) groups is 1. The lowest BCUT2D eigenvalue weighted by Crippen LogP contribution is -2.57. The molecular weight excluding hydrogens is 168 g/mol. The predicted molar refractivity (Wildman–Crippen MR) is 48.5 cm³/mol. The van der Waals surface area contributed by atoms with Crippen LogP contribution >= 0.6 is 0 Å². The Kier molecular flexibility index (Phi) is 2.40. The van der Waals surface area contributed by atoms with Crippen molar-refractivity contribution in [1.29, 1.82) is 0 Å². The van der Waals surface area contributed by atoms with Gasteiger partial charge in [0.1, 0.15) is 0 Å². The summed E-state index contributed by atoms with van der Waals surface area (Å²) in [5.74, 6) is 0. The molecule has 0 aromatic heterocycles. The van der Waals surface area contributed by atoms with Crippen LogP contribution in [0.5, 0.6) is 0 Å². The van der Waals surface area contributed by atoms with Crippen molar-refractivity contribution in [1.82, 2.24) is 10.2 Å². The van der Waals surface area contributed by atoms with Crippen LogP contribution in [0.25, 0.3) is 0 Å². The minimum Gasteiger partial charge on any atom is -0.453 e. The third-order valence-corrected chi connectivity index (χ3v) is 3.05. The maximum atomic E-state index is 11.4. The quantitative estimate of drug-likeness (QED) is 0.598. The third kappa shape index (κ3) is 1.50. The molecule has 4 nitrogen and oxygen atoms in total. The molecule has 0 aromatic carbocycles. The molecule has 1 amide bonds. The number of hydrogen-bond donors (Lipinski definition) is 1. The first kappa shape index (κ1) is 8.81. The van der Waals surface area contributed by atoms with E-state index in [1.807, 2.05) is 4.90 Å². The number of piperazine rings is 1. The topological polar surface area (TPSA) is 41.6 Å². The molecule has 0 bridgehead atoms. The fourth-order valence-electron chi connectivity index (χ4n) is 2.43. The molecule has 2 rings (SSSR count). The highest BCUT2D eigenvalue weighted by molar-refractivity contribution is 5.68. The molecule has 1 aliphatic heterocycles. The summed E-state index contributed by atoms with van der Waals surface area (Å²) >= 11 is 0. The van der Waals surface area contributed by atoms with Crippen LogP contribution < -0.4 is 5.32 Å². The Balaban J connectivity index is 2.05. The second-order valence-corrected chi connectivity index (χ2v) is 3.72. The zero-order valence-corrected chi connectivity index (χ0v) is 7.95. The second-order valence-electron chi connectivity index (χ2n) is 3.72. The highest BCUT2D eigenvalue weighted by Crippen LogP contribution is 2.26. The lowest BCUT2D eigenvalue weighted by molar-refractivity contribution is 0.0861. The monoisotopic (exact) mass is 184 g/mol. The molecule has 74 valence electrons. The van der Waals surface area contributed by atoms with E-state index in [0.717, 1.165) is 19.5 Å². The number of nitrogens with one attached hydrogen (secondary N) is 1. The van der Waals surface area contributed by atoms with E-state index in [-0.39, 0.29) is 6.09 Å². The van der Waals surface area contributed by atoms with Crippen molar-refractivity contribution in [2.45, 2.75) is 31.3 Å². The van der Waals surface area contributed by atoms with Crippen molar-refractivity contribution in [3.8, 4) is 0 Å². The summed E-state index contributed by atoms with van der Waals surface area (Å²) in [7, 11) is 1.45. The molecule has 2 atom stereocenters.